The van der Waals surface area contributed by atoms with Crippen LogP contribution in [0, 0.1) is 0 Å². The fourth-order valence-electron chi connectivity index (χ4n) is 2.17. The largest absolute Gasteiger partial charge is 0.401 e. The van der Waals surface area contributed by atoms with E-state index in [2.05, 4.69) is 39.4 Å². The number of thiophene rings is 1. The molecule has 1 unspecified atom stereocenters. The van der Waals surface area contributed by atoms with Crippen molar-refractivity contribution in [3.05, 3.63) is 22.4 Å². The molecule has 24 heavy (non-hydrogen) atoms. The van der Waals surface area contributed by atoms with Gasteiger partial charge in [-0.05, 0) is 49.3 Å². The predicted octanol–water partition coefficient (Wildman–Crippen LogP) is 3.29. The van der Waals surface area contributed by atoms with E-state index in [1.165, 1.54) is 17.5 Å². The van der Waals surface area contributed by atoms with Crippen molar-refractivity contribution in [1.29, 1.82) is 0 Å². The van der Waals surface area contributed by atoms with Gasteiger partial charge in [-0.1, -0.05) is 6.92 Å². The topological polar surface area (TPSA) is 39.7 Å². The van der Waals surface area contributed by atoms with Crippen molar-refractivity contribution in [2.45, 2.75) is 32.4 Å². The lowest BCUT2D eigenvalue weighted by atomic mass is 10.1. The molecule has 8 heteroatoms. The van der Waals surface area contributed by atoms with Crippen LogP contribution in [0.2, 0.25) is 0 Å². The zero-order valence-electron chi connectivity index (χ0n) is 14.5. The number of hydrogen-bond acceptors (Lipinski definition) is 3. The summed E-state index contributed by atoms with van der Waals surface area (Å²) in [6, 6.07) is 2.10. The van der Waals surface area contributed by atoms with Gasteiger partial charge in [-0.3, -0.25) is 9.89 Å². The second-order valence-corrected chi connectivity index (χ2v) is 6.59. The van der Waals surface area contributed by atoms with Gasteiger partial charge < -0.3 is 10.6 Å². The van der Waals surface area contributed by atoms with Crippen LogP contribution >= 0.6 is 11.3 Å². The summed E-state index contributed by atoms with van der Waals surface area (Å²) in [4.78, 5) is 5.83. The zero-order valence-corrected chi connectivity index (χ0v) is 15.3. The fraction of sp³-hybridized carbons (Fsp3) is 0.688. The van der Waals surface area contributed by atoms with E-state index in [1.807, 2.05) is 6.92 Å². The lowest BCUT2D eigenvalue weighted by Crippen LogP contribution is -2.39. The summed E-state index contributed by atoms with van der Waals surface area (Å²) in [6.07, 6.45) is -3.52. The second-order valence-electron chi connectivity index (χ2n) is 5.81. The third-order valence-corrected chi connectivity index (χ3v) is 4.14. The minimum absolute atomic E-state index is 0.338. The summed E-state index contributed by atoms with van der Waals surface area (Å²) in [6.45, 7) is 5.61. The molecule has 1 rings (SSSR count). The molecule has 1 aromatic rings. The number of alkyl halides is 3. The Morgan fingerprint density at radius 3 is 2.71 bits per heavy atom. The number of nitrogens with zero attached hydrogens (tertiary/aromatic N) is 2. The Bertz CT molecular complexity index is 474. The lowest BCUT2D eigenvalue weighted by Gasteiger charge is -2.19. The van der Waals surface area contributed by atoms with Crippen molar-refractivity contribution in [3.8, 4) is 0 Å². The second kappa shape index (κ2) is 10.6. The van der Waals surface area contributed by atoms with Crippen LogP contribution in [0.5, 0.6) is 0 Å². The molecular formula is C16H27F3N4S. The molecule has 0 spiro atoms. The molecular weight excluding hydrogens is 337 g/mol. The highest BCUT2D eigenvalue weighted by molar-refractivity contribution is 7.07. The molecule has 0 bridgehead atoms. The molecule has 2 N–H and O–H groups in total. The van der Waals surface area contributed by atoms with E-state index in [0.29, 0.717) is 37.9 Å². The van der Waals surface area contributed by atoms with Crippen LogP contribution in [0.3, 0.4) is 0 Å². The molecule has 0 amide bonds. The molecule has 0 aliphatic heterocycles. The molecule has 0 fully saturated rings. The van der Waals surface area contributed by atoms with Crippen molar-refractivity contribution in [2.75, 3.05) is 39.8 Å². The Morgan fingerprint density at radius 1 is 1.38 bits per heavy atom. The van der Waals surface area contributed by atoms with E-state index in [0.717, 1.165) is 6.54 Å². The first-order chi connectivity index (χ1) is 11.3. The van der Waals surface area contributed by atoms with Gasteiger partial charge in [0.15, 0.2) is 5.96 Å². The lowest BCUT2D eigenvalue weighted by molar-refractivity contribution is -0.143. The number of hydrogen-bond donors (Lipinski definition) is 2. The van der Waals surface area contributed by atoms with Gasteiger partial charge in [0, 0.05) is 25.6 Å². The van der Waals surface area contributed by atoms with Crippen LogP contribution in [0.25, 0.3) is 0 Å². The van der Waals surface area contributed by atoms with Gasteiger partial charge in [0.25, 0.3) is 0 Å². The molecule has 0 aliphatic carbocycles. The number of guanidine groups is 1. The monoisotopic (exact) mass is 364 g/mol. The Labute approximate surface area is 146 Å². The Kier molecular flexibility index (Phi) is 9.13. The highest BCUT2D eigenvalue weighted by Crippen LogP contribution is 2.18. The van der Waals surface area contributed by atoms with Crippen molar-refractivity contribution in [1.82, 2.24) is 15.5 Å². The summed E-state index contributed by atoms with van der Waals surface area (Å²) in [7, 11) is 1.48. The molecule has 1 heterocycles. The summed E-state index contributed by atoms with van der Waals surface area (Å²) >= 11 is 1.67. The van der Waals surface area contributed by atoms with Crippen LogP contribution in [-0.2, 0) is 0 Å². The van der Waals surface area contributed by atoms with Crippen molar-refractivity contribution < 1.29 is 13.2 Å². The van der Waals surface area contributed by atoms with Gasteiger partial charge in [0.1, 0.15) is 0 Å². The van der Waals surface area contributed by atoms with Crippen LogP contribution in [0.1, 0.15) is 31.7 Å². The number of nitrogens with one attached hydrogen (secondary N) is 2. The molecule has 0 saturated carbocycles. The Balaban J connectivity index is 2.33. The summed E-state index contributed by atoms with van der Waals surface area (Å²) in [5.41, 5.74) is 1.27. The minimum Gasteiger partial charge on any atom is -0.357 e. The molecule has 4 nitrogen and oxygen atoms in total. The molecule has 0 aromatic carbocycles. The normalized spacial score (nSPS) is 14.0. The maximum atomic E-state index is 12.3. The Hall–Kier alpha value is -1.28. The van der Waals surface area contributed by atoms with Crippen molar-refractivity contribution in [3.63, 3.8) is 0 Å². The van der Waals surface area contributed by atoms with Crippen molar-refractivity contribution >= 4 is 17.3 Å². The molecule has 0 aliphatic rings. The van der Waals surface area contributed by atoms with Crippen LogP contribution in [0.4, 0.5) is 13.2 Å². The smallest absolute Gasteiger partial charge is 0.357 e. The van der Waals surface area contributed by atoms with Crippen LogP contribution in [-0.4, -0.2) is 56.8 Å². The molecule has 0 saturated heterocycles. The van der Waals surface area contributed by atoms with Crippen LogP contribution in [0.15, 0.2) is 21.8 Å². The van der Waals surface area contributed by atoms with Crippen molar-refractivity contribution in [2.24, 2.45) is 4.99 Å². The van der Waals surface area contributed by atoms with E-state index >= 15 is 0 Å². The first kappa shape index (κ1) is 20.8. The van der Waals surface area contributed by atoms with Gasteiger partial charge in [-0.2, -0.15) is 24.5 Å². The minimum atomic E-state index is -4.14. The Morgan fingerprint density at radius 2 is 2.12 bits per heavy atom. The molecule has 0 radical (unpaired) electrons. The highest BCUT2D eigenvalue weighted by atomic mass is 32.1. The maximum absolute atomic E-state index is 12.3. The molecule has 1 atom stereocenters. The fourth-order valence-corrected chi connectivity index (χ4v) is 2.95. The number of aliphatic imine (C=N–C) groups is 1. The first-order valence-electron chi connectivity index (χ1n) is 8.11. The third-order valence-electron chi connectivity index (χ3n) is 3.44. The standard InChI is InChI=1S/C16H27F3N4S/c1-4-20-15(22-10-13(2)14-6-9-24-11-14)21-7-5-8-23(3)12-16(17,18)19/h6,9,11,13H,4-5,7-8,10,12H2,1-3H3,(H2,20,21,22). The van der Waals surface area contributed by atoms with Gasteiger partial charge in [-0.25, -0.2) is 0 Å². The van der Waals surface area contributed by atoms with Gasteiger partial charge in [0.05, 0.1) is 6.54 Å². The van der Waals surface area contributed by atoms with E-state index in [-0.39, 0.29) is 0 Å². The third kappa shape index (κ3) is 9.12. The van der Waals surface area contributed by atoms with Gasteiger partial charge >= 0.3 is 6.18 Å². The average Bonchev–Trinajstić information content (AvgIpc) is 3.01. The average molecular weight is 364 g/mol. The van der Waals surface area contributed by atoms with Gasteiger partial charge in [-0.15, -0.1) is 0 Å². The zero-order chi connectivity index (χ0) is 18.0. The molecule has 138 valence electrons. The van der Waals surface area contributed by atoms with E-state index in [1.54, 1.807) is 11.3 Å². The van der Waals surface area contributed by atoms with Crippen LogP contribution < -0.4 is 10.6 Å². The highest BCUT2D eigenvalue weighted by Gasteiger charge is 2.28. The number of rotatable bonds is 9. The SMILES string of the molecule is CCNC(=NCC(C)c1ccsc1)NCCCN(C)CC(F)(F)F. The first-order valence-corrected chi connectivity index (χ1v) is 9.05. The summed E-state index contributed by atoms with van der Waals surface area (Å²) in [5.74, 6) is 1.04. The van der Waals surface area contributed by atoms with E-state index in [4.69, 9.17) is 0 Å². The quantitative estimate of drug-likeness (QED) is 0.401. The summed E-state index contributed by atoms with van der Waals surface area (Å²) < 4.78 is 36.8. The van der Waals surface area contributed by atoms with Gasteiger partial charge in [0.2, 0.25) is 0 Å². The number of halogens is 3. The van der Waals surface area contributed by atoms with E-state index < -0.39 is 12.7 Å². The maximum Gasteiger partial charge on any atom is 0.401 e. The molecule has 1 aromatic heterocycles. The summed E-state index contributed by atoms with van der Waals surface area (Å²) in [5, 5.41) is 10.5. The van der Waals surface area contributed by atoms with E-state index in [9.17, 15) is 13.2 Å². The predicted molar refractivity (Wildman–Crippen MR) is 94.9 cm³/mol.